The van der Waals surface area contributed by atoms with Crippen LogP contribution in [0.4, 0.5) is 11.4 Å². The summed E-state index contributed by atoms with van der Waals surface area (Å²) in [4.78, 5) is 15.6. The van der Waals surface area contributed by atoms with Gasteiger partial charge in [0.25, 0.3) is 15.9 Å². The van der Waals surface area contributed by atoms with Crippen molar-refractivity contribution in [3.8, 4) is 17.4 Å². The first-order chi connectivity index (χ1) is 17.2. The number of sulfonamides is 1. The zero-order valence-corrected chi connectivity index (χ0v) is 21.6. The van der Waals surface area contributed by atoms with Gasteiger partial charge in [-0.25, -0.2) is 8.42 Å². The lowest BCUT2D eigenvalue weighted by atomic mass is 10.2. The highest BCUT2D eigenvalue weighted by atomic mass is 79.9. The number of ether oxygens (including phenoxy) is 2. The topological polar surface area (TPSA) is 134 Å². The number of amides is 1. The van der Waals surface area contributed by atoms with E-state index in [9.17, 15) is 18.3 Å². The number of aromatic hydroxyl groups is 1. The molecule has 36 heavy (non-hydrogen) atoms. The van der Waals surface area contributed by atoms with E-state index in [0.29, 0.717) is 16.7 Å². The normalized spacial score (nSPS) is 11.6. The molecule has 0 saturated heterocycles. The monoisotopic (exact) mass is 572 g/mol. The summed E-state index contributed by atoms with van der Waals surface area (Å²) < 4.78 is 39.3. The molecule has 0 aliphatic carbocycles. The van der Waals surface area contributed by atoms with Crippen LogP contribution >= 0.6 is 15.9 Å². The third-order valence-corrected chi connectivity index (χ3v) is 7.51. The van der Waals surface area contributed by atoms with E-state index in [1.165, 1.54) is 38.5 Å². The Hall–Kier alpha value is -3.90. The number of carbonyl (C=O) groups excluding carboxylic acids is 1. The standard InChI is InChI=1S/C24H21BrN4O6S/c1-34-16-9-11-20(21(13-16)35-2)29(36(32,33)17-6-4-3-5-7-17)14-22(30)27-28-23-18-12-15(25)8-10-19(18)26-24(23)31/h3-13,26,31H,14H2,1-2H3. The van der Waals surface area contributed by atoms with Gasteiger partial charge in [-0.1, -0.05) is 34.1 Å². The maximum absolute atomic E-state index is 13.6. The fourth-order valence-electron chi connectivity index (χ4n) is 3.51. The van der Waals surface area contributed by atoms with Gasteiger partial charge >= 0.3 is 0 Å². The molecular formula is C24H21BrN4O6S. The lowest BCUT2D eigenvalue weighted by molar-refractivity contribution is -0.116. The summed E-state index contributed by atoms with van der Waals surface area (Å²) in [5.74, 6) is -0.515. The van der Waals surface area contributed by atoms with Crippen LogP contribution in [0.5, 0.6) is 17.4 Å². The molecule has 186 valence electrons. The van der Waals surface area contributed by atoms with Gasteiger partial charge in [0.15, 0.2) is 5.69 Å². The third-order valence-electron chi connectivity index (χ3n) is 5.24. The molecule has 10 nitrogen and oxygen atoms in total. The second kappa shape index (κ2) is 10.4. The number of halogens is 1. The van der Waals surface area contributed by atoms with Crippen molar-refractivity contribution >= 4 is 54.1 Å². The van der Waals surface area contributed by atoms with Gasteiger partial charge in [-0.3, -0.25) is 9.10 Å². The largest absolute Gasteiger partial charge is 0.497 e. The van der Waals surface area contributed by atoms with E-state index in [-0.39, 0.29) is 27.9 Å². The van der Waals surface area contributed by atoms with Gasteiger partial charge in [-0.2, -0.15) is 0 Å². The number of nitrogens with one attached hydrogen (secondary N) is 1. The van der Waals surface area contributed by atoms with Crippen LogP contribution in [0.25, 0.3) is 10.9 Å². The highest BCUT2D eigenvalue weighted by Gasteiger charge is 2.29. The van der Waals surface area contributed by atoms with Gasteiger partial charge in [-0.05, 0) is 42.5 Å². The molecule has 2 N–H and O–H groups in total. The second-order valence-electron chi connectivity index (χ2n) is 7.47. The van der Waals surface area contributed by atoms with Gasteiger partial charge in [-0.15, -0.1) is 10.2 Å². The molecule has 4 aromatic rings. The predicted octanol–water partition coefficient (Wildman–Crippen LogP) is 5.16. The Bertz CT molecular complexity index is 1550. The molecule has 0 bridgehead atoms. The van der Waals surface area contributed by atoms with Crippen molar-refractivity contribution in [1.82, 2.24) is 4.98 Å². The van der Waals surface area contributed by atoms with Crippen LogP contribution in [0.15, 0.2) is 86.3 Å². The fraction of sp³-hybridized carbons (Fsp3) is 0.125. The van der Waals surface area contributed by atoms with Crippen molar-refractivity contribution in [1.29, 1.82) is 0 Å². The third kappa shape index (κ3) is 5.04. The van der Waals surface area contributed by atoms with E-state index >= 15 is 0 Å². The maximum atomic E-state index is 13.6. The summed E-state index contributed by atoms with van der Waals surface area (Å²) in [6, 6.07) is 17.4. The number of benzene rings is 3. The quantitative estimate of drug-likeness (QED) is 0.280. The van der Waals surface area contributed by atoms with Crippen LogP contribution in [0.3, 0.4) is 0 Å². The minimum atomic E-state index is -4.19. The van der Waals surface area contributed by atoms with E-state index in [1.54, 1.807) is 42.5 Å². The van der Waals surface area contributed by atoms with E-state index in [4.69, 9.17) is 9.47 Å². The van der Waals surface area contributed by atoms with E-state index in [1.807, 2.05) is 0 Å². The minimum absolute atomic E-state index is 0.0215. The molecule has 3 aromatic carbocycles. The smallest absolute Gasteiger partial charge is 0.285 e. The lowest BCUT2D eigenvalue weighted by Crippen LogP contribution is -2.35. The lowest BCUT2D eigenvalue weighted by Gasteiger charge is -2.25. The average Bonchev–Trinajstić information content (AvgIpc) is 3.20. The predicted molar refractivity (Wildman–Crippen MR) is 138 cm³/mol. The number of rotatable bonds is 8. The van der Waals surface area contributed by atoms with Crippen molar-refractivity contribution in [2.45, 2.75) is 4.90 Å². The molecule has 0 fully saturated rings. The van der Waals surface area contributed by atoms with Crippen molar-refractivity contribution in [3.63, 3.8) is 0 Å². The number of H-pyrrole nitrogens is 1. The highest BCUT2D eigenvalue weighted by Crippen LogP contribution is 2.38. The number of hydrogen-bond acceptors (Lipinski definition) is 7. The van der Waals surface area contributed by atoms with Gasteiger partial charge in [0.1, 0.15) is 18.0 Å². The molecule has 1 aromatic heterocycles. The summed E-state index contributed by atoms with van der Waals surface area (Å²) in [6.07, 6.45) is 0. The molecule has 0 radical (unpaired) electrons. The molecule has 0 aliphatic rings. The molecule has 0 spiro atoms. The van der Waals surface area contributed by atoms with Crippen molar-refractivity contribution in [3.05, 3.63) is 71.2 Å². The Morgan fingerprint density at radius 1 is 1.06 bits per heavy atom. The van der Waals surface area contributed by atoms with E-state index in [0.717, 1.165) is 8.78 Å². The van der Waals surface area contributed by atoms with Crippen molar-refractivity contribution < 1.29 is 27.8 Å². The summed E-state index contributed by atoms with van der Waals surface area (Å²) >= 11 is 3.35. The number of carbonyl (C=O) groups is 1. The first-order valence-electron chi connectivity index (χ1n) is 10.5. The molecule has 1 heterocycles. The number of hydrogen-bond donors (Lipinski definition) is 2. The van der Waals surface area contributed by atoms with Crippen LogP contribution in [0.2, 0.25) is 0 Å². The molecule has 12 heteroatoms. The van der Waals surface area contributed by atoms with Crippen LogP contribution < -0.4 is 13.8 Å². The Morgan fingerprint density at radius 3 is 2.50 bits per heavy atom. The molecule has 0 saturated carbocycles. The van der Waals surface area contributed by atoms with Crippen LogP contribution in [0.1, 0.15) is 0 Å². The zero-order chi connectivity index (χ0) is 25.9. The van der Waals surface area contributed by atoms with Crippen LogP contribution in [-0.4, -0.2) is 45.2 Å². The number of azo groups is 1. The Balaban J connectivity index is 1.73. The van der Waals surface area contributed by atoms with E-state index in [2.05, 4.69) is 31.1 Å². The summed E-state index contributed by atoms with van der Waals surface area (Å²) in [5.41, 5.74) is 0.761. The summed E-state index contributed by atoms with van der Waals surface area (Å²) in [6.45, 7) is -0.670. The minimum Gasteiger partial charge on any atom is -0.497 e. The first kappa shape index (κ1) is 25.2. The molecule has 1 amide bonds. The van der Waals surface area contributed by atoms with Crippen molar-refractivity contribution in [2.24, 2.45) is 10.2 Å². The zero-order valence-electron chi connectivity index (χ0n) is 19.2. The number of aromatic nitrogens is 1. The Morgan fingerprint density at radius 2 is 1.81 bits per heavy atom. The van der Waals surface area contributed by atoms with Gasteiger partial charge in [0.2, 0.25) is 5.88 Å². The number of methoxy groups -OCH3 is 2. The van der Waals surface area contributed by atoms with Gasteiger partial charge in [0.05, 0.1) is 30.3 Å². The average molecular weight is 573 g/mol. The number of fused-ring (bicyclic) bond motifs is 1. The molecular weight excluding hydrogens is 552 g/mol. The van der Waals surface area contributed by atoms with E-state index < -0.39 is 22.5 Å². The van der Waals surface area contributed by atoms with Gasteiger partial charge in [0, 0.05) is 15.9 Å². The highest BCUT2D eigenvalue weighted by molar-refractivity contribution is 9.10. The van der Waals surface area contributed by atoms with Gasteiger partial charge < -0.3 is 19.6 Å². The SMILES string of the molecule is COc1ccc(N(CC(=O)N=Nc2c(O)[nH]c3ccc(Br)cc23)S(=O)(=O)c2ccccc2)c(OC)c1. The number of aromatic amines is 1. The number of anilines is 1. The molecule has 0 aliphatic heterocycles. The Labute approximate surface area is 215 Å². The summed E-state index contributed by atoms with van der Waals surface area (Å²) in [7, 11) is -1.35. The second-order valence-corrected chi connectivity index (χ2v) is 10.2. The molecule has 4 rings (SSSR count). The van der Waals surface area contributed by atoms with Crippen molar-refractivity contribution in [2.75, 3.05) is 25.1 Å². The number of nitrogens with zero attached hydrogens (tertiary/aromatic N) is 3. The van der Waals surface area contributed by atoms with Crippen LogP contribution in [0, 0.1) is 0 Å². The van der Waals surface area contributed by atoms with Crippen LogP contribution in [-0.2, 0) is 14.8 Å². The maximum Gasteiger partial charge on any atom is 0.285 e. The molecule has 0 unspecified atom stereocenters. The first-order valence-corrected chi connectivity index (χ1v) is 12.7. The Kier molecular flexibility index (Phi) is 7.27. The molecule has 0 atom stereocenters. The summed E-state index contributed by atoms with van der Waals surface area (Å²) in [5, 5.41) is 18.3. The fourth-order valence-corrected chi connectivity index (χ4v) is 5.31.